The molecular weight excluding hydrogens is 267 g/mol. The number of halogens is 2. The lowest BCUT2D eigenvalue weighted by Gasteiger charge is -2.26. The first-order valence-electron chi connectivity index (χ1n) is 6.60. The Bertz CT molecular complexity index is 410. The predicted octanol–water partition coefficient (Wildman–Crippen LogP) is 2.29. The van der Waals surface area contributed by atoms with Gasteiger partial charge in [-0.05, 0) is 31.7 Å². The summed E-state index contributed by atoms with van der Waals surface area (Å²) in [6.45, 7) is 4.04. The van der Waals surface area contributed by atoms with Crippen LogP contribution in [0.5, 0.6) is 0 Å². The molecule has 106 valence electrons. The highest BCUT2D eigenvalue weighted by molar-refractivity contribution is 6.30. The van der Waals surface area contributed by atoms with Crippen LogP contribution in [0.4, 0.5) is 4.39 Å². The molecule has 1 saturated heterocycles. The molecule has 1 atom stereocenters. The standard InChI is InChI=1S/C14H20ClFN2O/c1-18(6-4-13-9-17-5-7-19-13)10-11-8-12(15)2-3-14(11)16/h2-3,8,13,17H,4-7,9-10H2,1H3. The lowest BCUT2D eigenvalue weighted by molar-refractivity contribution is 0.0183. The molecule has 2 rings (SSSR count). The van der Waals surface area contributed by atoms with Gasteiger partial charge in [0.05, 0.1) is 12.7 Å². The molecule has 1 heterocycles. The Morgan fingerprint density at radius 3 is 3.11 bits per heavy atom. The number of rotatable bonds is 5. The number of morpholine rings is 1. The Hall–Kier alpha value is -0.680. The smallest absolute Gasteiger partial charge is 0.127 e. The molecule has 0 radical (unpaired) electrons. The highest BCUT2D eigenvalue weighted by Crippen LogP contribution is 2.16. The van der Waals surface area contributed by atoms with E-state index in [2.05, 4.69) is 10.2 Å². The minimum absolute atomic E-state index is 0.202. The summed E-state index contributed by atoms with van der Waals surface area (Å²) in [5.41, 5.74) is 0.637. The lowest BCUT2D eigenvalue weighted by atomic mass is 10.2. The molecule has 19 heavy (non-hydrogen) atoms. The maximum Gasteiger partial charge on any atom is 0.127 e. The maximum absolute atomic E-state index is 13.6. The van der Waals surface area contributed by atoms with Crippen molar-refractivity contribution in [1.29, 1.82) is 0 Å². The van der Waals surface area contributed by atoms with E-state index in [1.54, 1.807) is 12.1 Å². The van der Waals surface area contributed by atoms with Crippen molar-refractivity contribution in [2.75, 3.05) is 33.3 Å². The summed E-state index contributed by atoms with van der Waals surface area (Å²) in [7, 11) is 1.98. The van der Waals surface area contributed by atoms with E-state index in [1.807, 2.05) is 7.05 Å². The quantitative estimate of drug-likeness (QED) is 0.899. The van der Waals surface area contributed by atoms with Crippen molar-refractivity contribution in [3.05, 3.63) is 34.6 Å². The number of ether oxygens (including phenoxy) is 1. The van der Waals surface area contributed by atoms with Crippen molar-refractivity contribution in [1.82, 2.24) is 10.2 Å². The Morgan fingerprint density at radius 2 is 2.37 bits per heavy atom. The van der Waals surface area contributed by atoms with Crippen molar-refractivity contribution >= 4 is 11.6 Å². The van der Waals surface area contributed by atoms with Crippen molar-refractivity contribution < 1.29 is 9.13 Å². The largest absolute Gasteiger partial charge is 0.376 e. The van der Waals surface area contributed by atoms with E-state index in [-0.39, 0.29) is 11.9 Å². The second kappa shape index (κ2) is 7.20. The fourth-order valence-electron chi connectivity index (χ4n) is 2.20. The highest BCUT2D eigenvalue weighted by atomic mass is 35.5. The van der Waals surface area contributed by atoms with Gasteiger partial charge in [-0.15, -0.1) is 0 Å². The van der Waals surface area contributed by atoms with Crippen LogP contribution in [0.3, 0.4) is 0 Å². The first-order valence-corrected chi connectivity index (χ1v) is 6.98. The molecule has 0 aromatic heterocycles. The van der Waals surface area contributed by atoms with Crippen LogP contribution in [0.2, 0.25) is 5.02 Å². The summed E-state index contributed by atoms with van der Waals surface area (Å²) >= 11 is 5.89. The molecule has 0 spiro atoms. The van der Waals surface area contributed by atoms with Crippen LogP contribution in [0.1, 0.15) is 12.0 Å². The van der Waals surface area contributed by atoms with Crippen LogP contribution < -0.4 is 5.32 Å². The Balaban J connectivity index is 1.80. The van der Waals surface area contributed by atoms with Crippen LogP contribution >= 0.6 is 11.6 Å². The van der Waals surface area contributed by atoms with Gasteiger partial charge in [0.25, 0.3) is 0 Å². The van der Waals surface area contributed by atoms with Gasteiger partial charge in [-0.3, -0.25) is 0 Å². The molecule has 3 nitrogen and oxygen atoms in total. The first kappa shape index (κ1) is 14.7. The Labute approximate surface area is 118 Å². The van der Waals surface area contributed by atoms with E-state index in [0.29, 0.717) is 17.1 Å². The molecule has 0 aliphatic carbocycles. The Morgan fingerprint density at radius 1 is 1.53 bits per heavy atom. The third-order valence-corrected chi connectivity index (χ3v) is 3.52. The van der Waals surface area contributed by atoms with Crippen LogP contribution in [0.25, 0.3) is 0 Å². The van der Waals surface area contributed by atoms with Crippen LogP contribution in [0.15, 0.2) is 18.2 Å². The zero-order valence-electron chi connectivity index (χ0n) is 11.2. The van der Waals surface area contributed by atoms with Crippen molar-refractivity contribution in [3.8, 4) is 0 Å². The van der Waals surface area contributed by atoms with Crippen LogP contribution in [-0.4, -0.2) is 44.3 Å². The van der Waals surface area contributed by atoms with Gasteiger partial charge < -0.3 is 15.0 Å². The van der Waals surface area contributed by atoms with Crippen molar-refractivity contribution in [2.24, 2.45) is 0 Å². The van der Waals surface area contributed by atoms with Crippen molar-refractivity contribution in [3.63, 3.8) is 0 Å². The zero-order chi connectivity index (χ0) is 13.7. The van der Waals surface area contributed by atoms with E-state index in [4.69, 9.17) is 16.3 Å². The summed E-state index contributed by atoms with van der Waals surface area (Å²) in [5, 5.41) is 3.88. The Kier molecular flexibility index (Phi) is 5.58. The van der Waals surface area contributed by atoms with Crippen molar-refractivity contribution in [2.45, 2.75) is 19.1 Å². The molecule has 1 fully saturated rings. The summed E-state index contributed by atoms with van der Waals surface area (Å²) in [5.74, 6) is -0.202. The lowest BCUT2D eigenvalue weighted by Crippen LogP contribution is -2.40. The summed E-state index contributed by atoms with van der Waals surface area (Å²) in [6, 6.07) is 4.67. The van der Waals surface area contributed by atoms with Gasteiger partial charge >= 0.3 is 0 Å². The highest BCUT2D eigenvalue weighted by Gasteiger charge is 2.14. The number of hydrogen-bond donors (Lipinski definition) is 1. The molecule has 1 aromatic rings. The van der Waals surface area contributed by atoms with E-state index in [0.717, 1.165) is 32.7 Å². The van der Waals surface area contributed by atoms with Gasteiger partial charge in [-0.2, -0.15) is 0 Å². The molecule has 1 N–H and O–H groups in total. The van der Waals surface area contributed by atoms with Gasteiger partial charge in [-0.25, -0.2) is 4.39 Å². The van der Waals surface area contributed by atoms with Crippen LogP contribution in [0, 0.1) is 5.82 Å². The maximum atomic E-state index is 13.6. The normalized spacial score (nSPS) is 19.9. The summed E-state index contributed by atoms with van der Waals surface area (Å²) in [6.07, 6.45) is 1.21. The predicted molar refractivity (Wildman–Crippen MR) is 75.0 cm³/mol. The second-order valence-electron chi connectivity index (χ2n) is 4.96. The molecule has 1 aliphatic heterocycles. The third-order valence-electron chi connectivity index (χ3n) is 3.29. The minimum atomic E-state index is -0.202. The van der Waals surface area contributed by atoms with Gasteiger partial charge in [0, 0.05) is 36.8 Å². The molecule has 0 bridgehead atoms. The summed E-state index contributed by atoms with van der Waals surface area (Å²) < 4.78 is 19.2. The number of hydrogen-bond acceptors (Lipinski definition) is 3. The fraction of sp³-hybridized carbons (Fsp3) is 0.571. The molecule has 1 aliphatic rings. The SMILES string of the molecule is CN(CCC1CNCCO1)Cc1cc(Cl)ccc1F. The number of benzene rings is 1. The number of nitrogens with one attached hydrogen (secondary N) is 1. The van der Waals surface area contributed by atoms with E-state index in [9.17, 15) is 4.39 Å². The zero-order valence-corrected chi connectivity index (χ0v) is 11.9. The van der Waals surface area contributed by atoms with E-state index < -0.39 is 0 Å². The second-order valence-corrected chi connectivity index (χ2v) is 5.40. The summed E-state index contributed by atoms with van der Waals surface area (Å²) in [4.78, 5) is 2.09. The minimum Gasteiger partial charge on any atom is -0.376 e. The van der Waals surface area contributed by atoms with E-state index in [1.165, 1.54) is 6.07 Å². The molecule has 1 unspecified atom stereocenters. The van der Waals surface area contributed by atoms with Crippen LogP contribution in [-0.2, 0) is 11.3 Å². The van der Waals surface area contributed by atoms with E-state index >= 15 is 0 Å². The van der Waals surface area contributed by atoms with Gasteiger partial charge in [0.2, 0.25) is 0 Å². The van der Waals surface area contributed by atoms with Gasteiger partial charge in [0.1, 0.15) is 5.82 Å². The van der Waals surface area contributed by atoms with Gasteiger partial charge in [-0.1, -0.05) is 11.6 Å². The number of nitrogens with zero attached hydrogens (tertiary/aromatic N) is 1. The molecule has 5 heteroatoms. The average Bonchev–Trinajstić information content (AvgIpc) is 2.42. The first-order chi connectivity index (χ1) is 9.15. The molecular formula is C14H20ClFN2O. The monoisotopic (exact) mass is 286 g/mol. The molecule has 0 saturated carbocycles. The van der Waals surface area contributed by atoms with Gasteiger partial charge in [0.15, 0.2) is 0 Å². The average molecular weight is 287 g/mol. The molecule has 0 amide bonds. The topological polar surface area (TPSA) is 24.5 Å². The molecule has 1 aromatic carbocycles. The fourth-order valence-corrected chi connectivity index (χ4v) is 2.40. The third kappa shape index (κ3) is 4.73.